The highest BCUT2D eigenvalue weighted by Gasteiger charge is 2.72. The maximum absolute atomic E-state index is 12.5. The maximum Gasteiger partial charge on any atom is 0.354 e. The lowest BCUT2D eigenvalue weighted by Gasteiger charge is -2.36. The molecule has 1 aliphatic heterocycles. The summed E-state index contributed by atoms with van der Waals surface area (Å²) >= 11 is 0. The first-order chi connectivity index (χ1) is 9.17. The Morgan fingerprint density at radius 1 is 1.40 bits per heavy atom. The molecule has 2 bridgehead atoms. The summed E-state index contributed by atoms with van der Waals surface area (Å²) < 4.78 is 26.0. The third-order valence-corrected chi connectivity index (χ3v) is 7.97. The van der Waals surface area contributed by atoms with Crippen LogP contribution >= 0.6 is 0 Å². The molecule has 110 valence electrons. The van der Waals surface area contributed by atoms with Crippen molar-refractivity contribution in [3.8, 4) is 0 Å². The normalized spacial score (nSPS) is 39.5. The minimum atomic E-state index is -3.62. The number of hydrogen-bond donors (Lipinski definition) is 0. The third kappa shape index (κ3) is 1.35. The Balaban J connectivity index is 2.12. The molecule has 3 atom stereocenters. The molecule has 0 unspecified atom stereocenters. The number of rotatable bonds is 1. The molecule has 1 saturated heterocycles. The minimum Gasteiger partial charge on any atom is -0.361 e. The SMILES string of the molecule is CC(=[N+]=[N-])C(=O)N1[C@H]2C[C@H]3CC[C@]2(CS1(=O)=O)C3(C)C. The van der Waals surface area contributed by atoms with Gasteiger partial charge in [-0.05, 0) is 30.6 Å². The predicted octanol–water partition coefficient (Wildman–Crippen LogP) is 1.04. The van der Waals surface area contributed by atoms with Gasteiger partial charge < -0.3 is 5.53 Å². The first-order valence-corrected chi connectivity index (χ1v) is 8.53. The monoisotopic (exact) mass is 297 g/mol. The Morgan fingerprint density at radius 2 is 2.05 bits per heavy atom. The molecule has 3 aliphatic rings. The molecule has 7 heteroatoms. The number of sulfonamides is 1. The average molecular weight is 297 g/mol. The van der Waals surface area contributed by atoms with Crippen LogP contribution in [0, 0.1) is 16.7 Å². The lowest BCUT2D eigenvalue weighted by molar-refractivity contribution is -0.126. The molecule has 20 heavy (non-hydrogen) atoms. The summed E-state index contributed by atoms with van der Waals surface area (Å²) in [4.78, 5) is 15.1. The molecule has 0 aromatic heterocycles. The van der Waals surface area contributed by atoms with E-state index in [-0.39, 0.29) is 28.3 Å². The maximum atomic E-state index is 12.5. The van der Waals surface area contributed by atoms with Crippen LogP contribution < -0.4 is 0 Å². The molecule has 2 aliphatic carbocycles. The van der Waals surface area contributed by atoms with Crippen molar-refractivity contribution >= 4 is 21.6 Å². The van der Waals surface area contributed by atoms with Gasteiger partial charge in [0.05, 0.1) is 11.8 Å². The van der Waals surface area contributed by atoms with Crippen molar-refractivity contribution in [2.75, 3.05) is 5.75 Å². The van der Waals surface area contributed by atoms with Crippen LogP contribution in [-0.4, -0.2) is 40.9 Å². The van der Waals surface area contributed by atoms with Crippen molar-refractivity contribution < 1.29 is 18.0 Å². The molecule has 3 fully saturated rings. The van der Waals surface area contributed by atoms with Gasteiger partial charge in [-0.25, -0.2) is 12.7 Å². The first-order valence-electron chi connectivity index (χ1n) is 6.92. The number of fused-ring (bicyclic) bond motifs is 1. The van der Waals surface area contributed by atoms with E-state index in [9.17, 15) is 13.2 Å². The molecule has 0 radical (unpaired) electrons. The molecule has 2 saturated carbocycles. The van der Waals surface area contributed by atoms with Gasteiger partial charge in [0.15, 0.2) is 0 Å². The van der Waals surface area contributed by atoms with Crippen molar-refractivity contribution in [3.63, 3.8) is 0 Å². The highest BCUT2D eigenvalue weighted by atomic mass is 32.2. The van der Waals surface area contributed by atoms with Gasteiger partial charge in [0, 0.05) is 12.3 Å². The van der Waals surface area contributed by atoms with E-state index in [2.05, 4.69) is 18.6 Å². The zero-order valence-corrected chi connectivity index (χ0v) is 12.8. The van der Waals surface area contributed by atoms with E-state index in [4.69, 9.17) is 5.53 Å². The second-order valence-corrected chi connectivity index (χ2v) is 8.75. The molecular weight excluding hydrogens is 278 g/mol. The number of amides is 1. The Kier molecular flexibility index (Phi) is 2.55. The molecular formula is C13H19N3O3S. The van der Waals surface area contributed by atoms with E-state index >= 15 is 0 Å². The number of carbonyl (C=O) groups excluding carboxylic acids is 1. The topological polar surface area (TPSA) is 90.8 Å². The Hall–Kier alpha value is -1.20. The van der Waals surface area contributed by atoms with Crippen molar-refractivity contribution in [2.24, 2.45) is 16.7 Å². The summed E-state index contributed by atoms with van der Waals surface area (Å²) in [5.41, 5.74) is 8.18. The summed E-state index contributed by atoms with van der Waals surface area (Å²) in [5.74, 6) is -0.180. The van der Waals surface area contributed by atoms with E-state index in [1.807, 2.05) is 0 Å². The summed E-state index contributed by atoms with van der Waals surface area (Å²) in [6.07, 6.45) is 2.62. The molecule has 1 amide bonds. The number of hydrogen-bond acceptors (Lipinski definition) is 3. The highest BCUT2D eigenvalue weighted by Crippen LogP contribution is 2.69. The van der Waals surface area contributed by atoms with E-state index in [0.29, 0.717) is 5.92 Å². The Labute approximate surface area is 118 Å². The Bertz CT molecular complexity index is 648. The minimum absolute atomic E-state index is 0.0403. The van der Waals surface area contributed by atoms with Gasteiger partial charge in [0.25, 0.3) is 0 Å². The predicted molar refractivity (Wildman–Crippen MR) is 72.3 cm³/mol. The number of nitrogens with zero attached hydrogens (tertiary/aromatic N) is 3. The van der Waals surface area contributed by atoms with Crippen LogP contribution in [0.15, 0.2) is 0 Å². The van der Waals surface area contributed by atoms with Crippen LogP contribution in [0.1, 0.15) is 40.0 Å². The van der Waals surface area contributed by atoms with Crippen LogP contribution in [0.4, 0.5) is 0 Å². The van der Waals surface area contributed by atoms with Crippen LogP contribution in [0.5, 0.6) is 0 Å². The second kappa shape index (κ2) is 3.71. The van der Waals surface area contributed by atoms with Crippen LogP contribution in [0.2, 0.25) is 0 Å². The Morgan fingerprint density at radius 3 is 2.60 bits per heavy atom. The quantitative estimate of drug-likeness (QED) is 0.411. The van der Waals surface area contributed by atoms with Gasteiger partial charge in [-0.15, -0.1) is 0 Å². The van der Waals surface area contributed by atoms with Gasteiger partial charge >= 0.3 is 11.6 Å². The summed E-state index contributed by atoms with van der Waals surface area (Å²) in [5, 5.41) is 0. The zero-order chi connectivity index (χ0) is 14.9. The fourth-order valence-electron chi connectivity index (χ4n) is 4.76. The van der Waals surface area contributed by atoms with Gasteiger partial charge in [0.1, 0.15) is 0 Å². The highest BCUT2D eigenvalue weighted by molar-refractivity contribution is 7.90. The lowest BCUT2D eigenvalue weighted by atomic mass is 9.69. The summed E-state index contributed by atoms with van der Waals surface area (Å²) in [6, 6.07) is -0.273. The van der Waals surface area contributed by atoms with E-state index in [1.165, 1.54) is 6.92 Å². The number of carbonyl (C=O) groups is 1. The van der Waals surface area contributed by atoms with Gasteiger partial charge in [-0.1, -0.05) is 13.8 Å². The largest absolute Gasteiger partial charge is 0.361 e. The van der Waals surface area contributed by atoms with Crippen molar-refractivity contribution in [3.05, 3.63) is 5.53 Å². The van der Waals surface area contributed by atoms with Crippen LogP contribution in [0.25, 0.3) is 5.53 Å². The van der Waals surface area contributed by atoms with Crippen LogP contribution in [-0.2, 0) is 14.8 Å². The molecule has 6 nitrogen and oxygen atoms in total. The molecule has 0 N–H and O–H groups in total. The van der Waals surface area contributed by atoms with E-state index < -0.39 is 15.9 Å². The fourth-order valence-corrected chi connectivity index (χ4v) is 7.32. The van der Waals surface area contributed by atoms with Crippen molar-refractivity contribution in [1.29, 1.82) is 0 Å². The second-order valence-electron chi connectivity index (χ2n) is 6.91. The van der Waals surface area contributed by atoms with E-state index in [0.717, 1.165) is 23.6 Å². The van der Waals surface area contributed by atoms with E-state index in [1.54, 1.807) is 0 Å². The van der Waals surface area contributed by atoms with Crippen molar-refractivity contribution in [1.82, 2.24) is 4.31 Å². The van der Waals surface area contributed by atoms with Gasteiger partial charge in [-0.2, -0.15) is 4.79 Å². The molecule has 3 rings (SSSR count). The van der Waals surface area contributed by atoms with Gasteiger partial charge in [-0.3, -0.25) is 4.79 Å². The third-order valence-electron chi connectivity index (χ3n) is 6.07. The van der Waals surface area contributed by atoms with Crippen LogP contribution in [0.3, 0.4) is 0 Å². The first kappa shape index (κ1) is 13.8. The summed E-state index contributed by atoms with van der Waals surface area (Å²) in [7, 11) is -3.62. The summed E-state index contributed by atoms with van der Waals surface area (Å²) in [6.45, 7) is 5.59. The van der Waals surface area contributed by atoms with Gasteiger partial charge in [0.2, 0.25) is 10.0 Å². The van der Waals surface area contributed by atoms with Crippen molar-refractivity contribution in [2.45, 2.75) is 46.1 Å². The molecule has 1 heterocycles. The fraction of sp³-hybridized carbons (Fsp3) is 0.846. The lowest BCUT2D eigenvalue weighted by Crippen LogP contribution is -2.46. The molecule has 0 aromatic carbocycles. The standard InChI is InChI=1S/C13H19N3O3S/c1-8(15-14)11(17)16-10-6-9-4-5-13(10,12(9,2)3)7-20(16,18)19/h9-10H,4-7H2,1-3H3/t9-,10+,13-/m1/s1. The smallest absolute Gasteiger partial charge is 0.354 e. The molecule has 0 aromatic rings. The average Bonchev–Trinajstić information content (AvgIpc) is 2.83. The zero-order valence-electron chi connectivity index (χ0n) is 12.0. The molecule has 1 spiro atoms.